The predicted octanol–water partition coefficient (Wildman–Crippen LogP) is 3.24. The molecule has 1 aromatic heterocycles. The van der Waals surface area contributed by atoms with Gasteiger partial charge in [-0.25, -0.2) is 9.37 Å². The van der Waals surface area contributed by atoms with E-state index in [4.69, 9.17) is 0 Å². The van der Waals surface area contributed by atoms with Gasteiger partial charge in [-0.1, -0.05) is 19.1 Å². The van der Waals surface area contributed by atoms with E-state index >= 15 is 0 Å². The van der Waals surface area contributed by atoms with E-state index in [0.29, 0.717) is 5.69 Å². The van der Waals surface area contributed by atoms with Crippen molar-refractivity contribution in [3.05, 3.63) is 47.8 Å². The van der Waals surface area contributed by atoms with E-state index in [1.54, 1.807) is 12.3 Å². The van der Waals surface area contributed by atoms with Crippen LogP contribution in [0.25, 0.3) is 5.69 Å². The van der Waals surface area contributed by atoms with Crippen molar-refractivity contribution < 1.29 is 4.39 Å². The number of nitrogens with one attached hydrogen (secondary N) is 1. The van der Waals surface area contributed by atoms with Crippen molar-refractivity contribution in [2.24, 2.45) is 0 Å². The first-order chi connectivity index (χ1) is 9.19. The number of aromatic nitrogens is 2. The van der Waals surface area contributed by atoms with E-state index in [1.165, 1.54) is 6.07 Å². The highest BCUT2D eigenvalue weighted by atomic mass is 19.1. The van der Waals surface area contributed by atoms with Gasteiger partial charge in [-0.2, -0.15) is 0 Å². The lowest BCUT2D eigenvalue weighted by atomic mass is 10.1. The van der Waals surface area contributed by atoms with E-state index in [2.05, 4.69) is 17.2 Å². The minimum Gasteiger partial charge on any atom is -0.313 e. The maximum absolute atomic E-state index is 14.3. The van der Waals surface area contributed by atoms with Gasteiger partial charge in [0.25, 0.3) is 0 Å². The fourth-order valence-electron chi connectivity index (χ4n) is 2.24. The number of imidazole rings is 1. The number of para-hydroxylation sites is 1. The van der Waals surface area contributed by atoms with Crippen molar-refractivity contribution in [2.45, 2.75) is 32.7 Å². The minimum absolute atomic E-state index is 0.0857. The van der Waals surface area contributed by atoms with Gasteiger partial charge >= 0.3 is 0 Å². The van der Waals surface area contributed by atoms with Crippen LogP contribution in [-0.4, -0.2) is 16.6 Å². The third-order valence-electron chi connectivity index (χ3n) is 3.35. The molecule has 1 aromatic carbocycles. The maximum atomic E-state index is 14.3. The van der Waals surface area contributed by atoms with Crippen molar-refractivity contribution in [1.29, 1.82) is 0 Å². The van der Waals surface area contributed by atoms with E-state index in [9.17, 15) is 4.39 Å². The summed E-state index contributed by atoms with van der Waals surface area (Å²) in [4.78, 5) is 4.33. The van der Waals surface area contributed by atoms with Crippen LogP contribution in [0, 0.1) is 5.82 Å². The highest BCUT2D eigenvalue weighted by molar-refractivity contribution is 5.45. The van der Waals surface area contributed by atoms with Crippen LogP contribution in [0.2, 0.25) is 0 Å². The third kappa shape index (κ3) is 2.68. The molecule has 0 bridgehead atoms. The summed E-state index contributed by atoms with van der Waals surface area (Å²) in [6.07, 6.45) is 5.39. The number of nitrogens with zero attached hydrogens (tertiary/aromatic N) is 2. The van der Waals surface area contributed by atoms with Gasteiger partial charge in [0.15, 0.2) is 0 Å². The number of aryl methyl sites for hydroxylation is 1. The molecule has 0 aliphatic carbocycles. The molecule has 0 aliphatic heterocycles. The molecule has 1 heterocycles. The summed E-state index contributed by atoms with van der Waals surface area (Å²) in [7, 11) is 1.88. The van der Waals surface area contributed by atoms with Crippen molar-refractivity contribution in [3.8, 4) is 5.69 Å². The van der Waals surface area contributed by atoms with E-state index < -0.39 is 0 Å². The number of hydrogen-bond acceptors (Lipinski definition) is 2. The van der Waals surface area contributed by atoms with E-state index in [-0.39, 0.29) is 11.9 Å². The van der Waals surface area contributed by atoms with Crippen LogP contribution in [-0.2, 0) is 6.42 Å². The summed E-state index contributed by atoms with van der Waals surface area (Å²) < 4.78 is 16.1. The van der Waals surface area contributed by atoms with Crippen molar-refractivity contribution in [3.63, 3.8) is 0 Å². The molecule has 3 nitrogen and oxygen atoms in total. The second kappa shape index (κ2) is 5.97. The quantitative estimate of drug-likeness (QED) is 0.895. The summed E-state index contributed by atoms with van der Waals surface area (Å²) in [5.41, 5.74) is 1.54. The number of halogens is 1. The van der Waals surface area contributed by atoms with Crippen molar-refractivity contribution in [2.75, 3.05) is 7.05 Å². The smallest absolute Gasteiger partial charge is 0.147 e. The Morgan fingerprint density at radius 2 is 2.21 bits per heavy atom. The van der Waals surface area contributed by atoms with E-state index in [1.807, 2.05) is 30.8 Å². The average molecular weight is 261 g/mol. The fourth-order valence-corrected chi connectivity index (χ4v) is 2.24. The van der Waals surface area contributed by atoms with Crippen molar-refractivity contribution >= 4 is 0 Å². The molecule has 19 heavy (non-hydrogen) atoms. The minimum atomic E-state index is -0.213. The Labute approximate surface area is 113 Å². The predicted molar refractivity (Wildman–Crippen MR) is 75.0 cm³/mol. The van der Waals surface area contributed by atoms with Gasteiger partial charge in [0, 0.05) is 24.9 Å². The van der Waals surface area contributed by atoms with Gasteiger partial charge in [-0.15, -0.1) is 0 Å². The number of rotatable bonds is 5. The van der Waals surface area contributed by atoms with Gasteiger partial charge in [0.1, 0.15) is 11.6 Å². The largest absolute Gasteiger partial charge is 0.313 e. The molecule has 0 amide bonds. The summed E-state index contributed by atoms with van der Waals surface area (Å²) >= 11 is 0. The topological polar surface area (TPSA) is 29.9 Å². The Balaban J connectivity index is 2.57. The zero-order valence-electron chi connectivity index (χ0n) is 11.7. The molecule has 0 radical (unpaired) electrons. The lowest BCUT2D eigenvalue weighted by Crippen LogP contribution is -2.16. The molecule has 102 valence electrons. The Kier molecular flexibility index (Phi) is 4.32. The second-order valence-electron chi connectivity index (χ2n) is 4.65. The Hall–Kier alpha value is -1.68. The summed E-state index contributed by atoms with van der Waals surface area (Å²) in [5, 5.41) is 3.16. The first-order valence-electron chi connectivity index (χ1n) is 6.67. The SMILES string of the molecule is CCCc1nccn1-c1c(F)cccc1C(C)NC. The Bertz CT molecular complexity index is 548. The first-order valence-corrected chi connectivity index (χ1v) is 6.67. The molecule has 0 fully saturated rings. The molecular weight excluding hydrogens is 241 g/mol. The van der Waals surface area contributed by atoms with Crippen LogP contribution in [0.4, 0.5) is 4.39 Å². The van der Waals surface area contributed by atoms with Gasteiger partial charge in [-0.3, -0.25) is 0 Å². The molecule has 4 heteroatoms. The van der Waals surface area contributed by atoms with Crippen LogP contribution >= 0.6 is 0 Å². The molecule has 1 N–H and O–H groups in total. The van der Waals surface area contributed by atoms with Gasteiger partial charge in [0.2, 0.25) is 0 Å². The monoisotopic (exact) mass is 261 g/mol. The van der Waals surface area contributed by atoms with Crippen LogP contribution in [0.3, 0.4) is 0 Å². The molecular formula is C15H20FN3. The molecule has 0 saturated carbocycles. The highest BCUT2D eigenvalue weighted by Gasteiger charge is 2.16. The Morgan fingerprint density at radius 3 is 2.89 bits per heavy atom. The molecule has 1 atom stereocenters. The lowest BCUT2D eigenvalue weighted by molar-refractivity contribution is 0.593. The summed E-state index contributed by atoms with van der Waals surface area (Å²) in [5.74, 6) is 0.687. The maximum Gasteiger partial charge on any atom is 0.147 e. The molecule has 2 aromatic rings. The van der Waals surface area contributed by atoms with E-state index in [0.717, 1.165) is 24.2 Å². The van der Waals surface area contributed by atoms with Crippen LogP contribution < -0.4 is 5.32 Å². The normalized spacial score (nSPS) is 12.6. The van der Waals surface area contributed by atoms with Crippen LogP contribution in [0.1, 0.15) is 37.7 Å². The van der Waals surface area contributed by atoms with Gasteiger partial charge in [0.05, 0.1) is 5.69 Å². The van der Waals surface area contributed by atoms with Gasteiger partial charge < -0.3 is 9.88 Å². The molecule has 2 rings (SSSR count). The zero-order chi connectivity index (χ0) is 13.8. The summed E-state index contributed by atoms with van der Waals surface area (Å²) in [6, 6.07) is 5.28. The summed E-state index contributed by atoms with van der Waals surface area (Å²) in [6.45, 7) is 4.12. The molecule has 0 spiro atoms. The molecule has 0 aliphatic rings. The molecule has 0 saturated heterocycles. The lowest BCUT2D eigenvalue weighted by Gasteiger charge is -2.18. The third-order valence-corrected chi connectivity index (χ3v) is 3.35. The highest BCUT2D eigenvalue weighted by Crippen LogP contribution is 2.25. The molecule has 1 unspecified atom stereocenters. The number of hydrogen-bond donors (Lipinski definition) is 1. The fraction of sp³-hybridized carbons (Fsp3) is 0.400. The van der Waals surface area contributed by atoms with Crippen molar-refractivity contribution in [1.82, 2.24) is 14.9 Å². The van der Waals surface area contributed by atoms with Crippen LogP contribution in [0.5, 0.6) is 0 Å². The first kappa shape index (κ1) is 13.7. The number of benzene rings is 1. The zero-order valence-corrected chi connectivity index (χ0v) is 11.7. The second-order valence-corrected chi connectivity index (χ2v) is 4.65. The standard InChI is InChI=1S/C15H20FN3/c1-4-6-14-18-9-10-19(14)15-12(11(2)17-3)7-5-8-13(15)16/h5,7-11,17H,4,6H2,1-3H3. The average Bonchev–Trinajstić information content (AvgIpc) is 2.86. The van der Waals surface area contributed by atoms with Crippen LogP contribution in [0.15, 0.2) is 30.6 Å². The Morgan fingerprint density at radius 1 is 1.42 bits per heavy atom. The van der Waals surface area contributed by atoms with Gasteiger partial charge in [-0.05, 0) is 32.0 Å².